The van der Waals surface area contributed by atoms with E-state index in [0.717, 1.165) is 37.2 Å². The molecule has 0 unspecified atom stereocenters. The minimum absolute atomic E-state index is 0. The summed E-state index contributed by atoms with van der Waals surface area (Å²) in [5.74, 6) is 0.270. The zero-order valence-corrected chi connectivity index (χ0v) is 28.2. The molecule has 2 N–H and O–H groups in total. The number of alkyl halides is 6. The van der Waals surface area contributed by atoms with Crippen molar-refractivity contribution in [3.05, 3.63) is 64.7 Å². The second-order valence-corrected chi connectivity index (χ2v) is 14.0. The van der Waals surface area contributed by atoms with Gasteiger partial charge in [-0.1, -0.05) is 25.6 Å². The van der Waals surface area contributed by atoms with Crippen molar-refractivity contribution < 1.29 is 45.5 Å². The molecule has 15 heteroatoms. The van der Waals surface area contributed by atoms with Gasteiger partial charge in [-0.25, -0.2) is 9.59 Å². The Morgan fingerprint density at radius 3 is 1.98 bits per heavy atom. The predicted molar refractivity (Wildman–Crippen MR) is 183 cm³/mol. The number of hydrogen-bond acceptors (Lipinski definition) is 5. The fourth-order valence-corrected chi connectivity index (χ4v) is 7.94. The molecule has 6 rings (SSSR count). The van der Waals surface area contributed by atoms with Crippen LogP contribution in [-0.4, -0.2) is 90.7 Å². The Morgan fingerprint density at radius 1 is 0.788 bits per heavy atom. The largest absolute Gasteiger partial charge is 0.436 e. The number of carbonyl (C=O) groups excluding carboxylic acids is 3. The van der Waals surface area contributed by atoms with Crippen LogP contribution in [0.1, 0.15) is 68.2 Å². The molecule has 52 heavy (non-hydrogen) atoms. The molecular formula is C37H47F6N5O4. The lowest BCUT2D eigenvalue weighted by Gasteiger charge is -2.39. The normalized spacial score (nSPS) is 20.3. The lowest BCUT2D eigenvalue weighted by molar-refractivity contribution is -0.143. The number of halogens is 6. The second kappa shape index (κ2) is 16.3. The zero-order chi connectivity index (χ0) is 36.3. The van der Waals surface area contributed by atoms with Crippen molar-refractivity contribution >= 4 is 23.7 Å². The number of para-hydroxylation sites is 1. The van der Waals surface area contributed by atoms with Gasteiger partial charge < -0.3 is 30.1 Å². The van der Waals surface area contributed by atoms with Crippen LogP contribution in [0.3, 0.4) is 0 Å². The van der Waals surface area contributed by atoms with Crippen LogP contribution in [0, 0.1) is 11.8 Å². The van der Waals surface area contributed by atoms with Crippen LogP contribution in [0.25, 0.3) is 0 Å². The van der Waals surface area contributed by atoms with Gasteiger partial charge in [0.15, 0.2) is 6.10 Å². The number of benzene rings is 2. The van der Waals surface area contributed by atoms with E-state index in [1.54, 1.807) is 4.90 Å². The van der Waals surface area contributed by atoms with E-state index in [1.165, 1.54) is 9.80 Å². The summed E-state index contributed by atoms with van der Waals surface area (Å²) in [7, 11) is 0. The Morgan fingerprint density at radius 2 is 1.37 bits per heavy atom. The van der Waals surface area contributed by atoms with Crippen LogP contribution in [-0.2, 0) is 34.7 Å². The molecule has 1 atom stereocenters. The maximum Gasteiger partial charge on any atom is 0.416 e. The quantitative estimate of drug-likeness (QED) is 0.306. The van der Waals surface area contributed by atoms with Crippen LogP contribution in [0.4, 0.5) is 41.6 Å². The van der Waals surface area contributed by atoms with E-state index in [4.69, 9.17) is 4.74 Å². The molecule has 0 spiro atoms. The third-order valence-electron chi connectivity index (χ3n) is 10.8. The number of urea groups is 1. The molecular weight excluding hydrogens is 692 g/mol. The van der Waals surface area contributed by atoms with Gasteiger partial charge in [0.2, 0.25) is 0 Å². The summed E-state index contributed by atoms with van der Waals surface area (Å²) in [5, 5.41) is 6.28. The number of fused-ring (bicyclic) bond motifs is 1. The second-order valence-electron chi connectivity index (χ2n) is 14.0. The topological polar surface area (TPSA) is 94.2 Å². The van der Waals surface area contributed by atoms with E-state index in [0.29, 0.717) is 75.7 Å². The summed E-state index contributed by atoms with van der Waals surface area (Å²) < 4.78 is 87.8. The molecule has 4 amide bonds. The molecule has 4 aliphatic rings. The highest BCUT2D eigenvalue weighted by atomic mass is 19.4. The Hall–Kier alpha value is -4.01. The van der Waals surface area contributed by atoms with Crippen LogP contribution < -0.4 is 10.6 Å². The summed E-state index contributed by atoms with van der Waals surface area (Å²) in [5.41, 5.74) is -1.66. The third-order valence-corrected chi connectivity index (χ3v) is 10.8. The smallest absolute Gasteiger partial charge is 0.416 e. The molecule has 2 aromatic carbocycles. The fourth-order valence-electron chi connectivity index (χ4n) is 7.94. The van der Waals surface area contributed by atoms with Crippen LogP contribution >= 0.6 is 0 Å². The van der Waals surface area contributed by atoms with Gasteiger partial charge in [-0.15, -0.1) is 0 Å². The SMILES string of the molecule is C.O=C(O[C@H](Cc1cc(C(F)(F)F)cc(C(F)(F)F)c1)C(=O)N1CCC(C2CCNCC2)CC1)N1CCC(N2CCc3ccccc3NC2=O)CC1. The monoisotopic (exact) mass is 739 g/mol. The van der Waals surface area contributed by atoms with Crippen molar-refractivity contribution in [1.82, 2.24) is 20.0 Å². The third kappa shape index (κ3) is 9.31. The maximum absolute atomic E-state index is 13.9. The summed E-state index contributed by atoms with van der Waals surface area (Å²) in [6.45, 7) is 3.41. The Labute approximate surface area is 300 Å². The number of rotatable bonds is 6. The van der Waals surface area contributed by atoms with Gasteiger partial charge in [-0.3, -0.25) is 4.79 Å². The molecule has 4 aliphatic heterocycles. The molecule has 0 saturated carbocycles. The highest BCUT2D eigenvalue weighted by Gasteiger charge is 2.40. The lowest BCUT2D eigenvalue weighted by Crippen LogP contribution is -2.52. The molecule has 2 aromatic rings. The molecule has 286 valence electrons. The van der Waals surface area contributed by atoms with Crippen LogP contribution in [0.5, 0.6) is 0 Å². The van der Waals surface area contributed by atoms with E-state index in [1.807, 2.05) is 24.3 Å². The van der Waals surface area contributed by atoms with E-state index < -0.39 is 53.6 Å². The Bertz CT molecular complexity index is 1530. The minimum atomic E-state index is -5.07. The van der Waals surface area contributed by atoms with Gasteiger partial charge in [0.05, 0.1) is 11.1 Å². The predicted octanol–water partition coefficient (Wildman–Crippen LogP) is 7.20. The number of carbonyl (C=O) groups is 3. The van der Waals surface area contributed by atoms with Gasteiger partial charge in [0.25, 0.3) is 5.91 Å². The number of nitrogens with one attached hydrogen (secondary N) is 2. The molecule has 3 saturated heterocycles. The summed E-state index contributed by atoms with van der Waals surface area (Å²) in [6.07, 6.45) is -8.33. The average molecular weight is 740 g/mol. The van der Waals surface area contributed by atoms with E-state index in [9.17, 15) is 40.7 Å². The minimum Gasteiger partial charge on any atom is -0.436 e. The number of likely N-dealkylation sites (tertiary alicyclic amines) is 2. The summed E-state index contributed by atoms with van der Waals surface area (Å²) in [4.78, 5) is 45.1. The van der Waals surface area contributed by atoms with E-state index >= 15 is 0 Å². The fraction of sp³-hybridized carbons (Fsp3) is 0.595. The molecule has 3 fully saturated rings. The number of piperidine rings is 3. The molecule has 0 aliphatic carbocycles. The first-order valence-corrected chi connectivity index (χ1v) is 17.6. The molecule has 0 bridgehead atoms. The van der Waals surface area contributed by atoms with Crippen molar-refractivity contribution in [2.75, 3.05) is 51.1 Å². The van der Waals surface area contributed by atoms with Crippen molar-refractivity contribution in [3.8, 4) is 0 Å². The number of amides is 4. The number of nitrogens with zero attached hydrogens (tertiary/aromatic N) is 3. The highest BCUT2D eigenvalue weighted by Crippen LogP contribution is 2.37. The Kier molecular flexibility index (Phi) is 12.3. The average Bonchev–Trinajstić information content (AvgIpc) is 3.28. The Balaban J connectivity index is 0.00000523. The molecule has 0 radical (unpaired) electrons. The summed E-state index contributed by atoms with van der Waals surface area (Å²) in [6, 6.07) is 8.31. The van der Waals surface area contributed by atoms with Gasteiger partial charge >= 0.3 is 24.5 Å². The molecule has 0 aromatic heterocycles. The van der Waals surface area contributed by atoms with Gasteiger partial charge in [0.1, 0.15) is 0 Å². The number of hydrogen-bond donors (Lipinski definition) is 2. The zero-order valence-electron chi connectivity index (χ0n) is 28.2. The van der Waals surface area contributed by atoms with E-state index in [2.05, 4.69) is 10.6 Å². The standard InChI is InChI=1S/C36H43F6N5O4.CH4/c37-35(38,39)27-19-23(20-28(22-27)36(40,41)42)21-31(32(48)45-14-7-25(8-15-45)24-5-12-43-13-6-24)51-34(50)46-16-10-29(11-17-46)47-18-9-26-3-1-2-4-30(26)44-33(47)49;/h1-4,19-20,22,24-25,29,31,43H,5-18,21H2,(H,44,49);1H4/t31-;/m1./s1. The molecule has 9 nitrogen and oxygen atoms in total. The lowest BCUT2D eigenvalue weighted by atomic mass is 9.79. The first-order valence-electron chi connectivity index (χ1n) is 17.6. The van der Waals surface area contributed by atoms with Crippen molar-refractivity contribution in [2.45, 2.75) is 83.3 Å². The first-order chi connectivity index (χ1) is 24.3. The number of anilines is 1. The number of ether oxygens (including phenoxy) is 1. The summed E-state index contributed by atoms with van der Waals surface area (Å²) >= 11 is 0. The highest BCUT2D eigenvalue weighted by molar-refractivity contribution is 5.91. The van der Waals surface area contributed by atoms with Crippen LogP contribution in [0.2, 0.25) is 0 Å². The van der Waals surface area contributed by atoms with Crippen molar-refractivity contribution in [3.63, 3.8) is 0 Å². The maximum atomic E-state index is 13.9. The first kappa shape index (κ1) is 39.2. The van der Waals surface area contributed by atoms with Crippen molar-refractivity contribution in [2.24, 2.45) is 11.8 Å². The van der Waals surface area contributed by atoms with Gasteiger partial charge in [-0.2, -0.15) is 26.3 Å². The van der Waals surface area contributed by atoms with Crippen molar-refractivity contribution in [1.29, 1.82) is 0 Å². The van der Waals surface area contributed by atoms with Crippen LogP contribution in [0.15, 0.2) is 42.5 Å². The van der Waals surface area contributed by atoms with E-state index in [-0.39, 0.29) is 38.7 Å². The van der Waals surface area contributed by atoms with Gasteiger partial charge in [0, 0.05) is 50.9 Å². The van der Waals surface area contributed by atoms with Gasteiger partial charge in [-0.05, 0) is 105 Å². The molecule has 4 heterocycles.